The lowest BCUT2D eigenvalue weighted by Crippen LogP contribution is -2.21. The van der Waals surface area contributed by atoms with Crippen LogP contribution in [0, 0.1) is 12.7 Å². The van der Waals surface area contributed by atoms with Crippen LogP contribution in [-0.4, -0.2) is 30.8 Å². The highest BCUT2D eigenvalue weighted by Crippen LogP contribution is 2.37. The number of aliphatic hydroxyl groups is 2. The van der Waals surface area contributed by atoms with Gasteiger partial charge in [-0.25, -0.2) is 4.39 Å². The van der Waals surface area contributed by atoms with Crippen LogP contribution in [0.5, 0.6) is 0 Å². The molecule has 27 heavy (non-hydrogen) atoms. The molecular weight excluding hydrogens is 373 g/mol. The van der Waals surface area contributed by atoms with Crippen LogP contribution >= 0.6 is 11.6 Å². The fraction of sp³-hybridized carbons (Fsp3) is 0.368. The third-order valence-electron chi connectivity index (χ3n) is 4.43. The summed E-state index contributed by atoms with van der Waals surface area (Å²) in [6.07, 6.45) is 2.13. The second kappa shape index (κ2) is 7.42. The molecule has 0 atom stereocenters. The van der Waals surface area contributed by atoms with Gasteiger partial charge in [0.15, 0.2) is 5.76 Å². The van der Waals surface area contributed by atoms with E-state index in [0.717, 1.165) is 5.69 Å². The first-order valence-corrected chi connectivity index (χ1v) is 8.89. The van der Waals surface area contributed by atoms with E-state index in [1.54, 1.807) is 30.8 Å². The highest BCUT2D eigenvalue weighted by Gasteiger charge is 2.25. The van der Waals surface area contributed by atoms with Gasteiger partial charge >= 0.3 is 0 Å². The van der Waals surface area contributed by atoms with Gasteiger partial charge in [-0.1, -0.05) is 22.8 Å². The number of aryl methyl sites for hydroxylation is 1. The van der Waals surface area contributed by atoms with Crippen LogP contribution in [-0.2, 0) is 13.2 Å². The Balaban J connectivity index is 2.02. The van der Waals surface area contributed by atoms with Crippen LogP contribution in [0.1, 0.15) is 31.5 Å². The number of aliphatic hydroxyl groups excluding tert-OH is 1. The number of nitrogens with zero attached hydrogens (tertiary/aromatic N) is 3. The largest absolute Gasteiger partial charge is 0.391 e. The van der Waals surface area contributed by atoms with E-state index in [0.29, 0.717) is 29.9 Å². The molecule has 2 N–H and O–H groups in total. The monoisotopic (exact) mass is 393 g/mol. The number of benzene rings is 1. The summed E-state index contributed by atoms with van der Waals surface area (Å²) in [7, 11) is 0. The van der Waals surface area contributed by atoms with Crippen molar-refractivity contribution in [2.75, 3.05) is 0 Å². The van der Waals surface area contributed by atoms with Crippen molar-refractivity contribution in [3.8, 4) is 22.6 Å². The van der Waals surface area contributed by atoms with Crippen molar-refractivity contribution in [1.82, 2.24) is 14.9 Å². The number of aromatic nitrogens is 3. The predicted molar refractivity (Wildman–Crippen MR) is 99.7 cm³/mol. The molecule has 0 spiro atoms. The lowest BCUT2D eigenvalue weighted by Gasteiger charge is -2.17. The smallest absolute Gasteiger partial charge is 0.176 e. The third kappa shape index (κ3) is 3.90. The van der Waals surface area contributed by atoms with Crippen molar-refractivity contribution < 1.29 is 19.1 Å². The van der Waals surface area contributed by atoms with Crippen molar-refractivity contribution in [2.24, 2.45) is 0 Å². The Hall–Kier alpha value is -2.22. The fourth-order valence-electron chi connectivity index (χ4n) is 2.86. The third-order valence-corrected chi connectivity index (χ3v) is 4.74. The number of hydrogen-bond acceptors (Lipinski definition) is 5. The van der Waals surface area contributed by atoms with Gasteiger partial charge in [0.2, 0.25) is 0 Å². The minimum Gasteiger partial charge on any atom is -0.391 e. The molecule has 3 aromatic rings. The van der Waals surface area contributed by atoms with Gasteiger partial charge in [-0.15, -0.1) is 0 Å². The SMILES string of the molecule is Cc1c(-c2onc(-c3c(F)cccc3Cl)c2CO)cnn1CCC(C)(C)O. The Labute approximate surface area is 161 Å². The Morgan fingerprint density at radius 3 is 2.70 bits per heavy atom. The molecule has 8 heteroatoms. The first-order valence-electron chi connectivity index (χ1n) is 8.52. The molecule has 2 heterocycles. The van der Waals surface area contributed by atoms with E-state index in [2.05, 4.69) is 10.3 Å². The Kier molecular flexibility index (Phi) is 5.37. The Bertz CT molecular complexity index is 940. The average Bonchev–Trinajstić information content (AvgIpc) is 3.15. The van der Waals surface area contributed by atoms with Gasteiger partial charge in [0.05, 0.1) is 40.1 Å². The van der Waals surface area contributed by atoms with Crippen molar-refractivity contribution in [3.05, 3.63) is 46.5 Å². The maximum absolute atomic E-state index is 14.3. The van der Waals surface area contributed by atoms with E-state index in [1.165, 1.54) is 12.1 Å². The molecule has 0 unspecified atom stereocenters. The summed E-state index contributed by atoms with van der Waals surface area (Å²) in [5.41, 5.74) is 1.21. The molecule has 0 amide bonds. The molecule has 1 aromatic carbocycles. The van der Waals surface area contributed by atoms with Gasteiger partial charge < -0.3 is 14.7 Å². The highest BCUT2D eigenvalue weighted by molar-refractivity contribution is 6.33. The summed E-state index contributed by atoms with van der Waals surface area (Å²) in [4.78, 5) is 0. The zero-order valence-electron chi connectivity index (χ0n) is 15.3. The van der Waals surface area contributed by atoms with Crippen molar-refractivity contribution >= 4 is 11.6 Å². The van der Waals surface area contributed by atoms with E-state index in [1.807, 2.05) is 6.92 Å². The second-order valence-electron chi connectivity index (χ2n) is 7.02. The van der Waals surface area contributed by atoms with Gasteiger partial charge in [0.25, 0.3) is 0 Å². The van der Waals surface area contributed by atoms with Crippen LogP contribution in [0.25, 0.3) is 22.6 Å². The van der Waals surface area contributed by atoms with Crippen LogP contribution in [0.3, 0.4) is 0 Å². The lowest BCUT2D eigenvalue weighted by molar-refractivity contribution is 0.0649. The molecule has 0 saturated carbocycles. The molecular formula is C19H21ClFN3O3. The van der Waals surface area contributed by atoms with Crippen LogP contribution in [0.4, 0.5) is 4.39 Å². The molecule has 6 nitrogen and oxygen atoms in total. The molecule has 2 aromatic heterocycles. The van der Waals surface area contributed by atoms with E-state index in [9.17, 15) is 14.6 Å². The summed E-state index contributed by atoms with van der Waals surface area (Å²) < 4.78 is 21.5. The zero-order chi connectivity index (χ0) is 19.8. The molecule has 0 radical (unpaired) electrons. The summed E-state index contributed by atoms with van der Waals surface area (Å²) in [6, 6.07) is 4.32. The average molecular weight is 394 g/mol. The lowest BCUT2D eigenvalue weighted by atomic mass is 10.0. The van der Waals surface area contributed by atoms with Crippen LogP contribution in [0.15, 0.2) is 28.9 Å². The first-order chi connectivity index (χ1) is 12.7. The molecule has 0 aliphatic heterocycles. The maximum Gasteiger partial charge on any atom is 0.176 e. The quantitative estimate of drug-likeness (QED) is 0.662. The van der Waals surface area contributed by atoms with Crippen molar-refractivity contribution in [2.45, 2.75) is 45.9 Å². The molecule has 0 saturated heterocycles. The van der Waals surface area contributed by atoms with Gasteiger partial charge in [-0.05, 0) is 39.3 Å². The Morgan fingerprint density at radius 1 is 1.33 bits per heavy atom. The molecule has 3 rings (SSSR count). The van der Waals surface area contributed by atoms with Crippen molar-refractivity contribution in [3.63, 3.8) is 0 Å². The molecule has 0 aliphatic carbocycles. The van der Waals surface area contributed by atoms with Gasteiger partial charge in [-0.2, -0.15) is 5.10 Å². The van der Waals surface area contributed by atoms with E-state index >= 15 is 0 Å². The van der Waals surface area contributed by atoms with Crippen LogP contribution < -0.4 is 0 Å². The summed E-state index contributed by atoms with van der Waals surface area (Å²) in [6.45, 7) is 5.44. The van der Waals surface area contributed by atoms with Crippen molar-refractivity contribution in [1.29, 1.82) is 0 Å². The minimum absolute atomic E-state index is 0.0882. The van der Waals surface area contributed by atoms with Crippen LogP contribution in [0.2, 0.25) is 5.02 Å². The fourth-order valence-corrected chi connectivity index (χ4v) is 3.11. The predicted octanol–water partition coefficient (Wildman–Crippen LogP) is 3.96. The molecule has 0 fully saturated rings. The minimum atomic E-state index is -0.810. The standard InChI is InChI=1S/C19H21ClFN3O3/c1-11-12(9-22-24(11)8-7-19(2,3)26)18-13(10-25)17(23-27-18)16-14(20)5-4-6-15(16)21/h4-6,9,25-26H,7-8,10H2,1-3H3. The molecule has 144 valence electrons. The zero-order valence-corrected chi connectivity index (χ0v) is 16.1. The van der Waals surface area contributed by atoms with E-state index in [-0.39, 0.29) is 16.3 Å². The maximum atomic E-state index is 14.3. The molecule has 0 bridgehead atoms. The second-order valence-corrected chi connectivity index (χ2v) is 7.43. The van der Waals surface area contributed by atoms with Gasteiger partial charge in [0.1, 0.15) is 11.5 Å². The molecule has 0 aliphatic rings. The highest BCUT2D eigenvalue weighted by atomic mass is 35.5. The van der Waals surface area contributed by atoms with E-state index < -0.39 is 18.0 Å². The van der Waals surface area contributed by atoms with Gasteiger partial charge in [0, 0.05) is 12.2 Å². The van der Waals surface area contributed by atoms with E-state index in [4.69, 9.17) is 16.1 Å². The first kappa shape index (κ1) is 19.5. The summed E-state index contributed by atoms with van der Waals surface area (Å²) >= 11 is 6.12. The topological polar surface area (TPSA) is 84.3 Å². The summed E-state index contributed by atoms with van der Waals surface area (Å²) in [5.74, 6) is -0.228. The number of hydrogen-bond donors (Lipinski definition) is 2. The number of rotatable bonds is 6. The normalized spacial score (nSPS) is 12.0. The Morgan fingerprint density at radius 2 is 2.07 bits per heavy atom. The number of halogens is 2. The summed E-state index contributed by atoms with van der Waals surface area (Å²) in [5, 5.41) is 28.2. The van der Waals surface area contributed by atoms with Gasteiger partial charge in [-0.3, -0.25) is 4.68 Å².